The summed E-state index contributed by atoms with van der Waals surface area (Å²) in [6, 6.07) is 61.2. The molecule has 0 atom stereocenters. The molecule has 0 unspecified atom stereocenters. The number of furan rings is 2. The molecule has 10 aromatic rings. The van der Waals surface area contributed by atoms with Crippen LogP contribution in [0.25, 0.3) is 77.3 Å². The van der Waals surface area contributed by atoms with E-state index in [1.165, 1.54) is 6.07 Å². The van der Waals surface area contributed by atoms with E-state index in [-0.39, 0.29) is 5.82 Å². The number of fused-ring (bicyclic) bond motifs is 6. The molecule has 0 fully saturated rings. The van der Waals surface area contributed by atoms with Gasteiger partial charge in [-0.3, -0.25) is 0 Å². The van der Waals surface area contributed by atoms with Crippen LogP contribution in [0.2, 0.25) is 0 Å². The van der Waals surface area contributed by atoms with Gasteiger partial charge in [0.2, 0.25) is 0 Å². The first-order chi connectivity index (χ1) is 25.7. The average Bonchev–Trinajstić information content (AvgIpc) is 3.78. The Kier molecular flexibility index (Phi) is 7.00. The van der Waals surface area contributed by atoms with Crippen molar-refractivity contribution in [2.45, 2.75) is 0 Å². The van der Waals surface area contributed by atoms with E-state index in [0.717, 1.165) is 94.3 Å². The Morgan fingerprint density at radius 1 is 0.346 bits per heavy atom. The predicted molar refractivity (Wildman–Crippen MR) is 212 cm³/mol. The van der Waals surface area contributed by atoms with Crippen LogP contribution in [-0.2, 0) is 0 Å². The Hall–Kier alpha value is -6.91. The van der Waals surface area contributed by atoms with Crippen LogP contribution in [0, 0.1) is 5.82 Å². The molecule has 246 valence electrons. The number of benzene rings is 8. The van der Waals surface area contributed by atoms with Crippen LogP contribution in [0.15, 0.2) is 191 Å². The number of halogens is 1. The second-order valence-electron chi connectivity index (χ2n) is 13.1. The van der Waals surface area contributed by atoms with Gasteiger partial charge in [0.05, 0.1) is 0 Å². The van der Waals surface area contributed by atoms with E-state index in [4.69, 9.17) is 8.83 Å². The van der Waals surface area contributed by atoms with Crippen LogP contribution in [0.3, 0.4) is 0 Å². The van der Waals surface area contributed by atoms with E-state index in [2.05, 4.69) is 114 Å². The molecular weight excluding hydrogens is 642 g/mol. The van der Waals surface area contributed by atoms with Gasteiger partial charge in [-0.15, -0.1) is 0 Å². The quantitative estimate of drug-likeness (QED) is 0.176. The maximum atomic E-state index is 14.1. The Balaban J connectivity index is 1.09. The molecule has 0 saturated heterocycles. The number of rotatable bonds is 6. The smallest absolute Gasteiger partial charge is 0.143 e. The molecule has 0 spiro atoms. The van der Waals surface area contributed by atoms with Gasteiger partial charge in [-0.25, -0.2) is 4.39 Å². The lowest BCUT2D eigenvalue weighted by Crippen LogP contribution is -2.10. The lowest BCUT2D eigenvalue weighted by molar-refractivity contribution is 0.628. The van der Waals surface area contributed by atoms with Crippen LogP contribution in [-0.4, -0.2) is 0 Å². The SMILES string of the molecule is Fc1cccc(-c2ccc(N(c3ccc(-c4cccc5c4oc4ccccc45)cc3)c3cccc(-c4cccc5c4oc4ccccc45)c3)cc2)c1. The van der Waals surface area contributed by atoms with Crippen molar-refractivity contribution in [3.05, 3.63) is 188 Å². The van der Waals surface area contributed by atoms with Gasteiger partial charge in [0.15, 0.2) is 0 Å². The van der Waals surface area contributed by atoms with Gasteiger partial charge in [-0.05, 0) is 82.9 Å². The summed E-state index contributed by atoms with van der Waals surface area (Å²) in [6.45, 7) is 0. The zero-order valence-electron chi connectivity index (χ0n) is 28.0. The Labute approximate surface area is 299 Å². The van der Waals surface area contributed by atoms with Gasteiger partial charge in [0, 0.05) is 49.7 Å². The number of para-hydroxylation sites is 4. The zero-order chi connectivity index (χ0) is 34.6. The Morgan fingerprint density at radius 2 is 0.846 bits per heavy atom. The van der Waals surface area contributed by atoms with E-state index >= 15 is 0 Å². The average molecular weight is 672 g/mol. The highest BCUT2D eigenvalue weighted by Crippen LogP contribution is 2.42. The summed E-state index contributed by atoms with van der Waals surface area (Å²) in [5.41, 5.74) is 12.5. The highest BCUT2D eigenvalue weighted by molar-refractivity contribution is 6.10. The van der Waals surface area contributed by atoms with Crippen molar-refractivity contribution < 1.29 is 13.2 Å². The van der Waals surface area contributed by atoms with E-state index in [1.54, 1.807) is 12.1 Å². The van der Waals surface area contributed by atoms with Gasteiger partial charge in [-0.2, -0.15) is 0 Å². The Bertz CT molecular complexity index is 2920. The fourth-order valence-corrected chi connectivity index (χ4v) is 7.47. The Morgan fingerprint density at radius 3 is 1.46 bits per heavy atom. The fraction of sp³-hybridized carbons (Fsp3) is 0. The van der Waals surface area contributed by atoms with Crippen LogP contribution in [0.1, 0.15) is 0 Å². The molecule has 0 aliphatic carbocycles. The fourth-order valence-electron chi connectivity index (χ4n) is 7.47. The van der Waals surface area contributed by atoms with Crippen LogP contribution in [0.4, 0.5) is 21.5 Å². The first kappa shape index (κ1) is 30.0. The number of hydrogen-bond acceptors (Lipinski definition) is 3. The predicted octanol–water partition coefficient (Wildman–Crippen LogP) is 14.1. The highest BCUT2D eigenvalue weighted by Gasteiger charge is 2.18. The van der Waals surface area contributed by atoms with E-state index in [1.807, 2.05) is 54.6 Å². The maximum Gasteiger partial charge on any atom is 0.143 e. The summed E-state index contributed by atoms with van der Waals surface area (Å²) >= 11 is 0. The van der Waals surface area contributed by atoms with Gasteiger partial charge in [0.25, 0.3) is 0 Å². The van der Waals surface area contributed by atoms with Crippen molar-refractivity contribution >= 4 is 60.9 Å². The molecule has 8 aromatic carbocycles. The minimum absolute atomic E-state index is 0.252. The summed E-state index contributed by atoms with van der Waals surface area (Å²) in [7, 11) is 0. The van der Waals surface area contributed by atoms with Gasteiger partial charge in [-0.1, -0.05) is 121 Å². The monoisotopic (exact) mass is 671 g/mol. The first-order valence-electron chi connectivity index (χ1n) is 17.4. The molecule has 2 aromatic heterocycles. The van der Waals surface area contributed by atoms with Crippen molar-refractivity contribution in [2.75, 3.05) is 4.90 Å². The second kappa shape index (κ2) is 12.1. The van der Waals surface area contributed by atoms with Crippen LogP contribution < -0.4 is 4.90 Å². The largest absolute Gasteiger partial charge is 0.455 e. The van der Waals surface area contributed by atoms with E-state index in [9.17, 15) is 4.39 Å². The molecule has 0 radical (unpaired) electrons. The van der Waals surface area contributed by atoms with Crippen LogP contribution >= 0.6 is 0 Å². The van der Waals surface area contributed by atoms with Crippen molar-refractivity contribution in [1.82, 2.24) is 0 Å². The number of anilines is 3. The summed E-state index contributed by atoms with van der Waals surface area (Å²) in [5, 5.41) is 4.42. The van der Waals surface area contributed by atoms with E-state index < -0.39 is 0 Å². The minimum atomic E-state index is -0.252. The minimum Gasteiger partial charge on any atom is -0.455 e. The molecule has 0 aliphatic rings. The molecule has 52 heavy (non-hydrogen) atoms. The number of nitrogens with zero attached hydrogens (tertiary/aromatic N) is 1. The van der Waals surface area contributed by atoms with Gasteiger partial charge < -0.3 is 13.7 Å². The van der Waals surface area contributed by atoms with Crippen molar-refractivity contribution in [1.29, 1.82) is 0 Å². The lowest BCUT2D eigenvalue weighted by Gasteiger charge is -2.26. The van der Waals surface area contributed by atoms with Crippen molar-refractivity contribution in [3.63, 3.8) is 0 Å². The third kappa shape index (κ3) is 5.04. The first-order valence-corrected chi connectivity index (χ1v) is 17.4. The lowest BCUT2D eigenvalue weighted by atomic mass is 10.00. The van der Waals surface area contributed by atoms with Crippen molar-refractivity contribution in [3.8, 4) is 33.4 Å². The molecule has 10 rings (SSSR count). The normalized spacial score (nSPS) is 11.6. The number of hydrogen-bond donors (Lipinski definition) is 0. The topological polar surface area (TPSA) is 29.5 Å². The third-order valence-electron chi connectivity index (χ3n) is 9.94. The van der Waals surface area contributed by atoms with Crippen molar-refractivity contribution in [2.24, 2.45) is 0 Å². The molecule has 0 N–H and O–H groups in total. The third-order valence-corrected chi connectivity index (χ3v) is 9.94. The summed E-state index contributed by atoms with van der Waals surface area (Å²) in [4.78, 5) is 2.25. The molecule has 0 saturated carbocycles. The summed E-state index contributed by atoms with van der Waals surface area (Å²) in [6.07, 6.45) is 0. The molecule has 2 heterocycles. The summed E-state index contributed by atoms with van der Waals surface area (Å²) in [5.74, 6) is -0.252. The maximum absolute atomic E-state index is 14.1. The van der Waals surface area contributed by atoms with Gasteiger partial charge in [0.1, 0.15) is 28.1 Å². The molecule has 0 amide bonds. The standard InChI is InChI=1S/C48H30FNO2/c49-35-11-5-9-33(29-35)31-21-25-36(26-22-31)50(37-27-23-32(24-28-37)39-15-7-17-43-41-13-1-3-19-45(41)51-47(39)43)38-12-6-10-34(30-38)40-16-8-18-44-42-14-2-4-20-46(42)52-48(40)44/h1-30H. The molecule has 3 nitrogen and oxygen atoms in total. The summed E-state index contributed by atoms with van der Waals surface area (Å²) < 4.78 is 26.9. The van der Waals surface area contributed by atoms with E-state index in [0.29, 0.717) is 0 Å². The van der Waals surface area contributed by atoms with Gasteiger partial charge >= 0.3 is 0 Å². The zero-order valence-corrected chi connectivity index (χ0v) is 28.0. The second-order valence-corrected chi connectivity index (χ2v) is 13.1. The highest BCUT2D eigenvalue weighted by atomic mass is 19.1. The van der Waals surface area contributed by atoms with Crippen LogP contribution in [0.5, 0.6) is 0 Å². The molecule has 4 heteroatoms. The molecular formula is C48H30FNO2. The molecule has 0 aliphatic heterocycles. The molecule has 0 bridgehead atoms.